The fourth-order valence-electron chi connectivity index (χ4n) is 1.96. The number of carbonyl (C=O) groups is 1. The topological polar surface area (TPSA) is 64.1 Å². The first-order chi connectivity index (χ1) is 11.7. The molecule has 122 valence electrons. The molecule has 0 saturated carbocycles. The molecule has 1 aromatic heterocycles. The van der Waals surface area contributed by atoms with Gasteiger partial charge in [-0.25, -0.2) is 0 Å². The number of amides is 1. The van der Waals surface area contributed by atoms with E-state index in [2.05, 4.69) is 27.6 Å². The summed E-state index contributed by atoms with van der Waals surface area (Å²) in [5, 5.41) is 12.3. The van der Waals surface area contributed by atoms with Crippen LogP contribution < -0.4 is 10.1 Å². The number of nitrogens with one attached hydrogen (secondary N) is 1. The molecule has 0 aliphatic rings. The minimum Gasteiger partial charge on any atom is -0.497 e. The van der Waals surface area contributed by atoms with Crippen molar-refractivity contribution in [1.82, 2.24) is 10.2 Å². The number of ether oxygens (including phenoxy) is 1. The van der Waals surface area contributed by atoms with Crippen LogP contribution in [-0.2, 0) is 5.75 Å². The number of thioether (sulfide) groups is 1. The van der Waals surface area contributed by atoms with Crippen molar-refractivity contribution in [3.05, 3.63) is 65.2 Å². The van der Waals surface area contributed by atoms with E-state index < -0.39 is 0 Å². The van der Waals surface area contributed by atoms with Gasteiger partial charge in [-0.15, -0.1) is 22.0 Å². The largest absolute Gasteiger partial charge is 0.497 e. The highest BCUT2D eigenvalue weighted by atomic mass is 32.2. The molecular weight excluding hydrogens is 342 g/mol. The van der Waals surface area contributed by atoms with E-state index in [0.29, 0.717) is 16.4 Å². The van der Waals surface area contributed by atoms with Crippen molar-refractivity contribution < 1.29 is 9.53 Å². The number of nitrogens with zero attached hydrogens (tertiary/aromatic N) is 2. The second-order valence-corrected chi connectivity index (χ2v) is 6.90. The number of rotatable bonds is 6. The number of hydrogen-bond acceptors (Lipinski definition) is 6. The first kappa shape index (κ1) is 16.5. The Balaban J connectivity index is 1.60. The molecule has 24 heavy (non-hydrogen) atoms. The van der Waals surface area contributed by atoms with Crippen molar-refractivity contribution in [3.8, 4) is 5.75 Å². The van der Waals surface area contributed by atoms with Crippen LogP contribution in [0.3, 0.4) is 0 Å². The van der Waals surface area contributed by atoms with Gasteiger partial charge in [-0.1, -0.05) is 35.6 Å². The highest BCUT2D eigenvalue weighted by molar-refractivity contribution is 7.98. The van der Waals surface area contributed by atoms with Crippen LogP contribution >= 0.6 is 23.1 Å². The number of carbonyl (C=O) groups excluding carboxylic acids is 1. The molecule has 0 atom stereocenters. The Morgan fingerprint density at radius 3 is 2.79 bits per heavy atom. The average Bonchev–Trinajstić information content (AvgIpc) is 3.08. The summed E-state index contributed by atoms with van der Waals surface area (Å²) in [6.45, 7) is 0. The molecule has 0 aliphatic heterocycles. The van der Waals surface area contributed by atoms with Crippen molar-refractivity contribution in [3.63, 3.8) is 0 Å². The van der Waals surface area contributed by atoms with Crippen LogP contribution in [0.2, 0.25) is 0 Å². The van der Waals surface area contributed by atoms with Gasteiger partial charge in [0.05, 0.1) is 12.9 Å². The van der Waals surface area contributed by atoms with Gasteiger partial charge in [0, 0.05) is 10.5 Å². The van der Waals surface area contributed by atoms with Crippen LogP contribution in [0.25, 0.3) is 0 Å². The van der Waals surface area contributed by atoms with Crippen LogP contribution in [0.4, 0.5) is 5.13 Å². The molecule has 3 rings (SSSR count). The highest BCUT2D eigenvalue weighted by Crippen LogP contribution is 2.26. The SMILES string of the molecule is COc1cccc(C(=O)Nc2nnc(CSc3ccccc3)s2)c1. The van der Waals surface area contributed by atoms with Gasteiger partial charge >= 0.3 is 0 Å². The Labute approximate surface area is 148 Å². The first-order valence-electron chi connectivity index (χ1n) is 7.20. The fourth-order valence-corrected chi connectivity index (χ4v) is 3.60. The smallest absolute Gasteiger partial charge is 0.257 e. The minimum absolute atomic E-state index is 0.229. The molecule has 2 aromatic carbocycles. The van der Waals surface area contributed by atoms with Crippen molar-refractivity contribution in [2.45, 2.75) is 10.6 Å². The maximum Gasteiger partial charge on any atom is 0.257 e. The molecule has 0 saturated heterocycles. The van der Waals surface area contributed by atoms with Gasteiger partial charge < -0.3 is 4.74 Å². The van der Waals surface area contributed by atoms with E-state index in [4.69, 9.17) is 4.74 Å². The second-order valence-electron chi connectivity index (χ2n) is 4.79. The van der Waals surface area contributed by atoms with Gasteiger partial charge in [0.15, 0.2) is 0 Å². The Hall–Kier alpha value is -2.38. The second kappa shape index (κ2) is 7.94. The van der Waals surface area contributed by atoms with E-state index in [0.717, 1.165) is 10.8 Å². The third-order valence-corrected chi connectivity index (χ3v) is 5.17. The van der Waals surface area contributed by atoms with Crippen molar-refractivity contribution in [1.29, 1.82) is 0 Å². The molecule has 1 amide bonds. The molecule has 0 aliphatic carbocycles. The van der Waals surface area contributed by atoms with Gasteiger partial charge in [-0.3, -0.25) is 10.1 Å². The fraction of sp³-hybridized carbons (Fsp3) is 0.118. The predicted octanol–water partition coefficient (Wildman–Crippen LogP) is 4.09. The normalized spacial score (nSPS) is 10.4. The summed E-state index contributed by atoms with van der Waals surface area (Å²) < 4.78 is 5.13. The summed E-state index contributed by atoms with van der Waals surface area (Å²) in [6.07, 6.45) is 0. The average molecular weight is 357 g/mol. The standard InChI is InChI=1S/C17H15N3O2S2/c1-22-13-7-5-6-12(10-13)16(21)18-17-20-19-15(24-17)11-23-14-8-3-2-4-9-14/h2-10H,11H2,1H3,(H,18,20,21). The molecule has 0 spiro atoms. The number of benzene rings is 2. The van der Waals surface area contributed by atoms with E-state index in [-0.39, 0.29) is 5.91 Å². The minimum atomic E-state index is -0.229. The van der Waals surface area contributed by atoms with E-state index in [1.807, 2.05) is 18.2 Å². The lowest BCUT2D eigenvalue weighted by Crippen LogP contribution is -2.11. The van der Waals surface area contributed by atoms with E-state index in [9.17, 15) is 4.79 Å². The molecule has 3 aromatic rings. The molecular formula is C17H15N3O2S2. The molecule has 0 bridgehead atoms. The highest BCUT2D eigenvalue weighted by Gasteiger charge is 2.11. The Morgan fingerprint density at radius 2 is 2.00 bits per heavy atom. The summed E-state index contributed by atoms with van der Waals surface area (Å²) in [5.74, 6) is 1.13. The summed E-state index contributed by atoms with van der Waals surface area (Å²) in [5.41, 5.74) is 0.518. The van der Waals surface area contributed by atoms with Gasteiger partial charge in [-0.2, -0.15) is 0 Å². The van der Waals surface area contributed by atoms with E-state index >= 15 is 0 Å². The van der Waals surface area contributed by atoms with Gasteiger partial charge in [0.1, 0.15) is 10.8 Å². The molecule has 5 nitrogen and oxygen atoms in total. The first-order valence-corrected chi connectivity index (χ1v) is 9.00. The van der Waals surface area contributed by atoms with E-state index in [1.54, 1.807) is 43.1 Å². The Kier molecular flexibility index (Phi) is 5.45. The van der Waals surface area contributed by atoms with Crippen LogP contribution in [0.1, 0.15) is 15.4 Å². The van der Waals surface area contributed by atoms with Crippen molar-refractivity contribution in [2.24, 2.45) is 0 Å². The summed E-state index contributed by atoms with van der Waals surface area (Å²) >= 11 is 3.06. The lowest BCUT2D eigenvalue weighted by molar-refractivity contribution is 0.102. The van der Waals surface area contributed by atoms with Crippen LogP contribution in [-0.4, -0.2) is 23.2 Å². The third-order valence-electron chi connectivity index (χ3n) is 3.12. The molecule has 1 N–H and O–H groups in total. The molecule has 1 heterocycles. The molecule has 0 radical (unpaired) electrons. The predicted molar refractivity (Wildman–Crippen MR) is 96.9 cm³/mol. The number of aromatic nitrogens is 2. The summed E-state index contributed by atoms with van der Waals surface area (Å²) in [6, 6.07) is 17.1. The van der Waals surface area contributed by atoms with Gasteiger partial charge in [0.2, 0.25) is 5.13 Å². The Morgan fingerprint density at radius 1 is 1.17 bits per heavy atom. The zero-order valence-corrected chi connectivity index (χ0v) is 14.6. The molecule has 0 fully saturated rings. The number of anilines is 1. The van der Waals surface area contributed by atoms with Crippen LogP contribution in [0, 0.1) is 0 Å². The van der Waals surface area contributed by atoms with Crippen molar-refractivity contribution >= 4 is 34.1 Å². The maximum absolute atomic E-state index is 12.2. The third kappa shape index (κ3) is 4.33. The quantitative estimate of drug-likeness (QED) is 0.673. The maximum atomic E-state index is 12.2. The lowest BCUT2D eigenvalue weighted by atomic mass is 10.2. The van der Waals surface area contributed by atoms with Crippen molar-refractivity contribution in [2.75, 3.05) is 12.4 Å². The number of hydrogen-bond donors (Lipinski definition) is 1. The summed E-state index contributed by atoms with van der Waals surface area (Å²) in [4.78, 5) is 13.4. The van der Waals surface area contributed by atoms with Gasteiger partial charge in [0.25, 0.3) is 5.91 Å². The summed E-state index contributed by atoms with van der Waals surface area (Å²) in [7, 11) is 1.57. The zero-order chi connectivity index (χ0) is 16.8. The zero-order valence-electron chi connectivity index (χ0n) is 12.9. The molecule has 7 heteroatoms. The monoisotopic (exact) mass is 357 g/mol. The number of methoxy groups -OCH3 is 1. The Bertz CT molecular complexity index is 821. The lowest BCUT2D eigenvalue weighted by Gasteiger charge is -2.03. The van der Waals surface area contributed by atoms with Gasteiger partial charge in [-0.05, 0) is 30.3 Å². The van der Waals surface area contributed by atoms with E-state index in [1.165, 1.54) is 16.2 Å². The van der Waals surface area contributed by atoms with Crippen LogP contribution in [0.5, 0.6) is 5.75 Å². The van der Waals surface area contributed by atoms with Crippen LogP contribution in [0.15, 0.2) is 59.5 Å². The molecule has 0 unspecified atom stereocenters.